The molecule has 1 aromatic carbocycles. The van der Waals surface area contributed by atoms with Crippen molar-refractivity contribution in [1.29, 1.82) is 0 Å². The van der Waals surface area contributed by atoms with Crippen LogP contribution in [-0.2, 0) is 0 Å². The van der Waals surface area contributed by atoms with E-state index < -0.39 is 11.5 Å². The Morgan fingerprint density at radius 3 is 2.44 bits per heavy atom. The largest absolute Gasteiger partial charge is 0.504 e. The number of ketones is 2. The van der Waals surface area contributed by atoms with Crippen molar-refractivity contribution in [1.82, 2.24) is 0 Å². The fourth-order valence-electron chi connectivity index (χ4n) is 1.64. The molecule has 1 aromatic rings. The number of hydrogen-bond acceptors (Lipinski definition) is 4. The second-order valence-corrected chi connectivity index (χ2v) is 3.54. The van der Waals surface area contributed by atoms with Gasteiger partial charge in [0, 0.05) is 16.7 Å². The number of aliphatic hydroxyl groups excluding tert-OH is 1. The molecule has 0 saturated carbocycles. The summed E-state index contributed by atoms with van der Waals surface area (Å²) in [7, 11) is 1.47. The van der Waals surface area contributed by atoms with Gasteiger partial charge in [0.1, 0.15) is 5.75 Å². The predicted octanol–water partition coefficient (Wildman–Crippen LogP) is 1.91. The van der Waals surface area contributed by atoms with Gasteiger partial charge in [0.15, 0.2) is 11.5 Å². The highest BCUT2D eigenvalue weighted by molar-refractivity contribution is 6.25. The third kappa shape index (κ3) is 1.31. The summed E-state index contributed by atoms with van der Waals surface area (Å²) in [5, 5.41) is 9.50. The monoisotopic (exact) mass is 218 g/mol. The van der Waals surface area contributed by atoms with E-state index in [0.29, 0.717) is 11.3 Å². The molecule has 1 aliphatic rings. The van der Waals surface area contributed by atoms with Crippen LogP contribution in [0.1, 0.15) is 27.6 Å². The zero-order valence-corrected chi connectivity index (χ0v) is 8.90. The highest BCUT2D eigenvalue weighted by atomic mass is 16.5. The van der Waals surface area contributed by atoms with Gasteiger partial charge in [-0.3, -0.25) is 9.59 Å². The Kier molecular flexibility index (Phi) is 2.27. The van der Waals surface area contributed by atoms with Crippen molar-refractivity contribution in [2.24, 2.45) is 0 Å². The SMILES string of the molecule is COc1ccc2c(c1)C(=O)C(O)=C(C)C2=O. The third-order valence-corrected chi connectivity index (χ3v) is 2.63. The van der Waals surface area contributed by atoms with Gasteiger partial charge in [-0.25, -0.2) is 0 Å². The van der Waals surface area contributed by atoms with Gasteiger partial charge >= 0.3 is 0 Å². The molecule has 0 amide bonds. The van der Waals surface area contributed by atoms with E-state index in [1.54, 1.807) is 6.07 Å². The molecule has 0 atom stereocenters. The Labute approximate surface area is 92.2 Å². The van der Waals surface area contributed by atoms with Crippen LogP contribution in [-0.4, -0.2) is 23.8 Å². The van der Waals surface area contributed by atoms with E-state index in [2.05, 4.69) is 0 Å². The predicted molar refractivity (Wildman–Crippen MR) is 57.0 cm³/mol. The molecule has 2 rings (SSSR count). The summed E-state index contributed by atoms with van der Waals surface area (Å²) >= 11 is 0. The highest BCUT2D eigenvalue weighted by Crippen LogP contribution is 2.27. The molecule has 0 unspecified atom stereocenters. The summed E-state index contributed by atoms with van der Waals surface area (Å²) in [6.45, 7) is 1.43. The van der Waals surface area contributed by atoms with Gasteiger partial charge in [0.05, 0.1) is 7.11 Å². The summed E-state index contributed by atoms with van der Waals surface area (Å²) in [4.78, 5) is 23.5. The molecular formula is C12H10O4. The lowest BCUT2D eigenvalue weighted by Crippen LogP contribution is -2.20. The van der Waals surface area contributed by atoms with Gasteiger partial charge < -0.3 is 9.84 Å². The number of hydrogen-bond donors (Lipinski definition) is 1. The number of aliphatic hydroxyl groups is 1. The molecule has 0 heterocycles. The zero-order valence-electron chi connectivity index (χ0n) is 8.90. The Bertz CT molecular complexity index is 526. The van der Waals surface area contributed by atoms with Gasteiger partial charge in [-0.15, -0.1) is 0 Å². The fourth-order valence-corrected chi connectivity index (χ4v) is 1.64. The van der Waals surface area contributed by atoms with E-state index in [1.165, 1.54) is 26.2 Å². The summed E-state index contributed by atoms with van der Waals surface area (Å²) in [5.74, 6) is -0.862. The minimum Gasteiger partial charge on any atom is -0.504 e. The maximum absolute atomic E-state index is 11.8. The van der Waals surface area contributed by atoms with Crippen LogP contribution in [0.25, 0.3) is 0 Å². The Morgan fingerprint density at radius 1 is 1.12 bits per heavy atom. The van der Waals surface area contributed by atoms with Gasteiger partial charge in [-0.2, -0.15) is 0 Å². The van der Waals surface area contributed by atoms with Gasteiger partial charge in [0.2, 0.25) is 5.78 Å². The van der Waals surface area contributed by atoms with Crippen LogP contribution in [0, 0.1) is 0 Å². The van der Waals surface area contributed by atoms with E-state index in [4.69, 9.17) is 4.74 Å². The molecule has 1 N–H and O–H groups in total. The molecular weight excluding hydrogens is 208 g/mol. The summed E-state index contributed by atoms with van der Waals surface area (Å²) in [5.41, 5.74) is 0.580. The van der Waals surface area contributed by atoms with E-state index in [-0.39, 0.29) is 16.9 Å². The molecule has 82 valence electrons. The third-order valence-electron chi connectivity index (χ3n) is 2.63. The average Bonchev–Trinajstić information content (AvgIpc) is 2.33. The molecule has 4 heteroatoms. The fraction of sp³-hybridized carbons (Fsp3) is 0.167. The van der Waals surface area contributed by atoms with E-state index >= 15 is 0 Å². The number of methoxy groups -OCH3 is 1. The van der Waals surface area contributed by atoms with Crippen LogP contribution in [0.5, 0.6) is 5.75 Å². The minimum atomic E-state index is -0.536. The second kappa shape index (κ2) is 3.48. The smallest absolute Gasteiger partial charge is 0.228 e. The molecule has 0 spiro atoms. The number of rotatable bonds is 1. The number of Topliss-reactive ketones (excluding diaryl/α,β-unsaturated/α-hetero) is 2. The molecule has 0 saturated heterocycles. The molecule has 0 radical (unpaired) electrons. The molecule has 0 bridgehead atoms. The van der Waals surface area contributed by atoms with Crippen LogP contribution >= 0.6 is 0 Å². The first kappa shape index (κ1) is 10.4. The van der Waals surface area contributed by atoms with E-state index in [1.807, 2.05) is 0 Å². The van der Waals surface area contributed by atoms with Crippen LogP contribution in [0.3, 0.4) is 0 Å². The first-order chi connectivity index (χ1) is 7.56. The van der Waals surface area contributed by atoms with Crippen molar-refractivity contribution in [2.45, 2.75) is 6.92 Å². The first-order valence-electron chi connectivity index (χ1n) is 4.73. The van der Waals surface area contributed by atoms with Gasteiger partial charge in [-0.05, 0) is 25.1 Å². The summed E-state index contributed by atoms with van der Waals surface area (Å²) < 4.78 is 4.96. The molecule has 0 fully saturated rings. The minimum absolute atomic E-state index is 0.0858. The van der Waals surface area contributed by atoms with Gasteiger partial charge in [-0.1, -0.05) is 0 Å². The zero-order chi connectivity index (χ0) is 11.9. The van der Waals surface area contributed by atoms with Crippen LogP contribution < -0.4 is 4.74 Å². The summed E-state index contributed by atoms with van der Waals surface area (Å²) in [6.07, 6.45) is 0. The van der Waals surface area contributed by atoms with Crippen molar-refractivity contribution < 1.29 is 19.4 Å². The lowest BCUT2D eigenvalue weighted by molar-refractivity contribution is 0.0929. The number of carbonyl (C=O) groups excluding carboxylic acids is 2. The van der Waals surface area contributed by atoms with Crippen molar-refractivity contribution in [3.8, 4) is 5.75 Å². The Morgan fingerprint density at radius 2 is 1.81 bits per heavy atom. The van der Waals surface area contributed by atoms with E-state index in [9.17, 15) is 14.7 Å². The van der Waals surface area contributed by atoms with Crippen molar-refractivity contribution in [3.63, 3.8) is 0 Å². The quantitative estimate of drug-likeness (QED) is 0.781. The van der Waals surface area contributed by atoms with Crippen LogP contribution in [0.4, 0.5) is 0 Å². The standard InChI is InChI=1S/C12H10O4/c1-6-10(13)8-4-3-7(16-2)5-9(8)12(15)11(6)14/h3-5,14H,1-2H3. The maximum atomic E-state index is 11.8. The lowest BCUT2D eigenvalue weighted by atomic mass is 9.89. The normalized spacial score (nSPS) is 15.1. The molecule has 16 heavy (non-hydrogen) atoms. The van der Waals surface area contributed by atoms with E-state index in [0.717, 1.165) is 0 Å². The molecule has 0 aromatic heterocycles. The van der Waals surface area contributed by atoms with Crippen molar-refractivity contribution in [2.75, 3.05) is 7.11 Å². The lowest BCUT2D eigenvalue weighted by Gasteiger charge is -2.15. The second-order valence-electron chi connectivity index (χ2n) is 3.54. The first-order valence-corrected chi connectivity index (χ1v) is 4.73. The maximum Gasteiger partial charge on any atom is 0.228 e. The molecule has 4 nitrogen and oxygen atoms in total. The molecule has 1 aliphatic carbocycles. The Hall–Kier alpha value is -2.10. The van der Waals surface area contributed by atoms with Crippen molar-refractivity contribution >= 4 is 11.6 Å². The average molecular weight is 218 g/mol. The van der Waals surface area contributed by atoms with Crippen molar-refractivity contribution in [3.05, 3.63) is 40.7 Å². The number of ether oxygens (including phenoxy) is 1. The highest BCUT2D eigenvalue weighted by Gasteiger charge is 2.29. The Balaban J connectivity index is 2.67. The van der Waals surface area contributed by atoms with Gasteiger partial charge in [0.25, 0.3) is 0 Å². The van der Waals surface area contributed by atoms with Crippen LogP contribution in [0.2, 0.25) is 0 Å². The number of allylic oxidation sites excluding steroid dienone is 2. The topological polar surface area (TPSA) is 63.6 Å². The number of benzene rings is 1. The van der Waals surface area contributed by atoms with Crippen LogP contribution in [0.15, 0.2) is 29.5 Å². The number of carbonyl (C=O) groups is 2. The molecule has 0 aliphatic heterocycles. The summed E-state index contributed by atoms with van der Waals surface area (Å²) in [6, 6.07) is 4.60. The number of fused-ring (bicyclic) bond motifs is 1.